The number of halogens is 2. The van der Waals surface area contributed by atoms with E-state index in [2.05, 4.69) is 96.0 Å². The SMILES string of the molecule is CCSC1=C(SCC)SC(=C2Cc3cc(Br)cc(c3)CC(=C3SC(SCC)=C(SCC)S3)Cc3cc(Br)cc(c3)C2)S1. The molecule has 4 bridgehead atoms. The van der Waals surface area contributed by atoms with Crippen LogP contribution in [0.5, 0.6) is 0 Å². The van der Waals surface area contributed by atoms with Crippen molar-refractivity contribution in [1.29, 1.82) is 0 Å². The van der Waals surface area contributed by atoms with Gasteiger partial charge >= 0.3 is 0 Å². The number of allylic oxidation sites excluding steroid dienone is 2. The first-order valence-corrected chi connectivity index (χ1v) is 22.9. The molecular weight excluding hydrogens is 801 g/mol. The van der Waals surface area contributed by atoms with Gasteiger partial charge in [-0.15, -0.1) is 47.0 Å². The fraction of sp³-hybridized carbons (Fsp3) is 0.375. The highest BCUT2D eigenvalue weighted by Gasteiger charge is 2.27. The molecule has 0 nitrogen and oxygen atoms in total. The monoisotopic (exact) mass is 832 g/mol. The first-order chi connectivity index (χ1) is 20.4. The lowest BCUT2D eigenvalue weighted by atomic mass is 9.92. The Morgan fingerprint density at radius 3 is 0.976 bits per heavy atom. The Morgan fingerprint density at radius 2 is 0.738 bits per heavy atom. The Kier molecular flexibility index (Phi) is 13.8. The van der Waals surface area contributed by atoms with Gasteiger partial charge in [-0.05, 0) is 106 Å². The van der Waals surface area contributed by atoms with Gasteiger partial charge in [0.1, 0.15) is 0 Å². The van der Waals surface area contributed by atoms with Gasteiger partial charge in [0.2, 0.25) is 0 Å². The molecule has 2 aliphatic heterocycles. The normalized spacial score (nSPS) is 17.9. The molecule has 42 heavy (non-hydrogen) atoms. The second-order valence-corrected chi connectivity index (χ2v) is 22.3. The summed E-state index contributed by atoms with van der Waals surface area (Å²) in [6.45, 7) is 9.05. The lowest BCUT2D eigenvalue weighted by Crippen LogP contribution is -2.04. The van der Waals surface area contributed by atoms with Crippen molar-refractivity contribution in [2.24, 2.45) is 0 Å². The second-order valence-electron chi connectivity index (χ2n) is 9.71. The third-order valence-electron chi connectivity index (χ3n) is 6.46. The minimum absolute atomic E-state index is 0.975. The highest BCUT2D eigenvalue weighted by Crippen LogP contribution is 2.60. The van der Waals surface area contributed by atoms with Gasteiger partial charge in [-0.2, -0.15) is 0 Å². The van der Waals surface area contributed by atoms with E-state index in [1.54, 1.807) is 0 Å². The van der Waals surface area contributed by atoms with Crippen molar-refractivity contribution in [3.63, 3.8) is 0 Å². The first-order valence-electron chi connectivity index (χ1n) is 14.1. The predicted molar refractivity (Wildman–Crippen MR) is 214 cm³/mol. The van der Waals surface area contributed by atoms with Crippen LogP contribution in [-0.4, -0.2) is 23.0 Å². The van der Waals surface area contributed by atoms with Crippen LogP contribution >= 0.6 is 126 Å². The fourth-order valence-electron chi connectivity index (χ4n) is 4.95. The van der Waals surface area contributed by atoms with E-state index >= 15 is 0 Å². The van der Waals surface area contributed by atoms with Crippen LogP contribution in [0, 0.1) is 0 Å². The number of hydrogen-bond acceptors (Lipinski definition) is 8. The average Bonchev–Trinajstić information content (AvgIpc) is 3.52. The molecule has 0 saturated carbocycles. The van der Waals surface area contributed by atoms with Crippen molar-refractivity contribution in [2.75, 3.05) is 23.0 Å². The lowest BCUT2D eigenvalue weighted by molar-refractivity contribution is 0.986. The quantitative estimate of drug-likeness (QED) is 0.255. The lowest BCUT2D eigenvalue weighted by Gasteiger charge is -2.18. The van der Waals surface area contributed by atoms with E-state index in [4.69, 9.17) is 0 Å². The highest BCUT2D eigenvalue weighted by molar-refractivity contribution is 9.10. The van der Waals surface area contributed by atoms with Crippen molar-refractivity contribution in [2.45, 2.75) is 53.4 Å². The molecule has 2 heterocycles. The Morgan fingerprint density at radius 1 is 0.476 bits per heavy atom. The molecule has 3 aliphatic rings. The summed E-state index contributed by atoms with van der Waals surface area (Å²) in [4.78, 5) is 0. The number of hydrogen-bond donors (Lipinski definition) is 0. The molecular formula is C32H34Br2S8. The Bertz CT molecular complexity index is 1250. The molecule has 0 unspecified atom stereocenters. The van der Waals surface area contributed by atoms with Gasteiger partial charge in [-0.1, -0.05) is 119 Å². The third kappa shape index (κ3) is 9.15. The summed E-state index contributed by atoms with van der Waals surface area (Å²) in [6, 6.07) is 14.3. The van der Waals surface area contributed by atoms with Crippen LogP contribution in [0.2, 0.25) is 0 Å². The van der Waals surface area contributed by atoms with Crippen LogP contribution in [0.3, 0.4) is 0 Å². The van der Waals surface area contributed by atoms with E-state index in [-0.39, 0.29) is 0 Å². The summed E-state index contributed by atoms with van der Waals surface area (Å²) >= 11 is 23.8. The molecule has 0 aromatic heterocycles. The van der Waals surface area contributed by atoms with Gasteiger partial charge in [-0.3, -0.25) is 0 Å². The molecule has 10 heteroatoms. The fourth-order valence-corrected chi connectivity index (χ4v) is 17.5. The largest absolute Gasteiger partial charge is 0.118 e. The van der Waals surface area contributed by atoms with Crippen LogP contribution in [-0.2, 0) is 25.7 Å². The van der Waals surface area contributed by atoms with Gasteiger partial charge in [0.15, 0.2) is 0 Å². The maximum Gasteiger partial charge on any atom is 0.0659 e. The molecule has 224 valence electrons. The van der Waals surface area contributed by atoms with E-state index in [0.29, 0.717) is 0 Å². The molecule has 0 amide bonds. The Balaban J connectivity index is 1.56. The molecule has 5 rings (SSSR count). The summed E-state index contributed by atoms with van der Waals surface area (Å²) in [6.07, 6.45) is 3.90. The predicted octanol–water partition coefficient (Wildman–Crippen LogP) is 13.7. The molecule has 0 radical (unpaired) electrons. The Labute approximate surface area is 303 Å². The molecule has 1 aliphatic carbocycles. The summed E-state index contributed by atoms with van der Waals surface area (Å²) in [5, 5.41) is 0. The maximum absolute atomic E-state index is 3.89. The maximum atomic E-state index is 3.89. The van der Waals surface area contributed by atoms with Crippen molar-refractivity contribution in [1.82, 2.24) is 0 Å². The number of benzene rings is 2. The van der Waals surface area contributed by atoms with Crippen LogP contribution in [0.25, 0.3) is 0 Å². The molecule has 0 fully saturated rings. The Hall–Kier alpha value is 1.16. The zero-order chi connectivity index (χ0) is 29.6. The summed E-state index contributed by atoms with van der Waals surface area (Å²) in [7, 11) is 0. The number of rotatable bonds is 8. The molecule has 2 aromatic carbocycles. The van der Waals surface area contributed by atoms with Gasteiger partial charge in [0.25, 0.3) is 0 Å². The average molecular weight is 835 g/mol. The molecule has 2 aromatic rings. The number of fused-ring (bicyclic) bond motifs is 4. The van der Waals surface area contributed by atoms with Crippen molar-refractivity contribution in [3.05, 3.63) is 104 Å². The zero-order valence-corrected chi connectivity index (χ0v) is 33.8. The van der Waals surface area contributed by atoms with Crippen LogP contribution < -0.4 is 0 Å². The summed E-state index contributed by atoms with van der Waals surface area (Å²) < 4.78 is 11.3. The standard InChI is InChI=1S/C32H34Br2S8/c1-5-35-29-30(36-6-2)40-27(39-29)23-11-19-9-21(17-25(33)15-19)13-24(14-22-10-20(12-23)16-26(34)18-22)28-41-31(37-7-3)32(42-28)38-8-4/h9-10,15-18H,5-8,11-14H2,1-4H3. The zero-order valence-electron chi connectivity index (χ0n) is 24.1. The third-order valence-corrected chi connectivity index (χ3v) is 18.3. The van der Waals surface area contributed by atoms with Gasteiger partial charge in [0, 0.05) is 8.95 Å². The molecule has 0 atom stereocenters. The van der Waals surface area contributed by atoms with E-state index in [9.17, 15) is 0 Å². The molecule has 0 spiro atoms. The van der Waals surface area contributed by atoms with Crippen molar-refractivity contribution < 1.29 is 0 Å². The van der Waals surface area contributed by atoms with Crippen LogP contribution in [0.4, 0.5) is 0 Å². The first kappa shape index (κ1) is 34.5. The molecule has 0 saturated heterocycles. The second kappa shape index (κ2) is 16.8. The van der Waals surface area contributed by atoms with E-state index < -0.39 is 0 Å². The van der Waals surface area contributed by atoms with Crippen molar-refractivity contribution in [3.8, 4) is 0 Å². The smallest absolute Gasteiger partial charge is 0.0659 e. The van der Waals surface area contributed by atoms with Crippen LogP contribution in [0.15, 0.2) is 81.9 Å². The van der Waals surface area contributed by atoms with E-state index in [1.807, 2.05) is 94.1 Å². The molecule has 0 N–H and O–H groups in total. The summed E-state index contributed by atoms with van der Waals surface area (Å²) in [5.41, 5.74) is 8.67. The van der Waals surface area contributed by atoms with Gasteiger partial charge in [0.05, 0.1) is 25.4 Å². The van der Waals surface area contributed by atoms with Gasteiger partial charge < -0.3 is 0 Å². The highest BCUT2D eigenvalue weighted by atomic mass is 79.9. The minimum atomic E-state index is 0.975. The minimum Gasteiger partial charge on any atom is -0.118 e. The topological polar surface area (TPSA) is 0 Å². The van der Waals surface area contributed by atoms with Gasteiger partial charge in [-0.25, -0.2) is 0 Å². The number of thioether (sulfide) groups is 8. The van der Waals surface area contributed by atoms with Crippen molar-refractivity contribution >= 4 is 126 Å². The van der Waals surface area contributed by atoms with E-state index in [0.717, 1.165) is 48.7 Å². The van der Waals surface area contributed by atoms with E-state index in [1.165, 1.54) is 67.8 Å². The summed E-state index contributed by atoms with van der Waals surface area (Å²) in [5.74, 6) is 4.46. The van der Waals surface area contributed by atoms with Crippen LogP contribution in [0.1, 0.15) is 49.9 Å².